The van der Waals surface area contributed by atoms with Gasteiger partial charge in [0.05, 0.1) is 0 Å². The number of nitrogens with one attached hydrogen (secondary N) is 1. The van der Waals surface area contributed by atoms with Gasteiger partial charge < -0.3 is 10.2 Å². The van der Waals surface area contributed by atoms with Crippen molar-refractivity contribution in [2.75, 3.05) is 40.3 Å². The fourth-order valence-electron chi connectivity index (χ4n) is 2.22. The average Bonchev–Trinajstić information content (AvgIpc) is 2.35. The molecule has 1 aliphatic rings. The van der Waals surface area contributed by atoms with Crippen LogP contribution in [0, 0.1) is 0 Å². The largest absolute Gasteiger partial charge is 0.349 e. The number of carbonyl (C=O) groups excluding carboxylic acids is 1. The van der Waals surface area contributed by atoms with Crippen molar-refractivity contribution in [3.8, 4) is 0 Å². The van der Waals surface area contributed by atoms with E-state index in [4.69, 9.17) is 0 Å². The van der Waals surface area contributed by atoms with Crippen molar-refractivity contribution in [2.45, 2.75) is 38.6 Å². The first kappa shape index (κ1) is 14.5. The Kier molecular flexibility index (Phi) is 6.52. The van der Waals surface area contributed by atoms with E-state index in [1.165, 1.54) is 32.4 Å². The number of rotatable bonds is 6. The van der Waals surface area contributed by atoms with Gasteiger partial charge in [-0.05, 0) is 32.9 Å². The summed E-state index contributed by atoms with van der Waals surface area (Å²) in [5.41, 5.74) is 0. The Morgan fingerprint density at radius 3 is 2.53 bits per heavy atom. The molecule has 0 saturated carbocycles. The van der Waals surface area contributed by atoms with Crippen LogP contribution in [0.1, 0.15) is 32.6 Å². The summed E-state index contributed by atoms with van der Waals surface area (Å²) in [6.07, 6.45) is 4.65. The third-order valence-electron chi connectivity index (χ3n) is 3.47. The van der Waals surface area contributed by atoms with Crippen molar-refractivity contribution in [1.29, 1.82) is 0 Å². The minimum Gasteiger partial charge on any atom is -0.349 e. The van der Waals surface area contributed by atoms with Crippen molar-refractivity contribution in [1.82, 2.24) is 15.1 Å². The molecular formula is C13H27N3O. The summed E-state index contributed by atoms with van der Waals surface area (Å²) in [6, 6.07) is 0.588. The van der Waals surface area contributed by atoms with Gasteiger partial charge in [-0.3, -0.25) is 9.69 Å². The van der Waals surface area contributed by atoms with E-state index in [1.54, 1.807) is 19.0 Å². The van der Waals surface area contributed by atoms with Gasteiger partial charge in [0, 0.05) is 39.6 Å². The predicted molar refractivity (Wildman–Crippen MR) is 71.1 cm³/mol. The number of carbonyl (C=O) groups is 1. The van der Waals surface area contributed by atoms with Crippen LogP contribution in [0.15, 0.2) is 0 Å². The highest BCUT2D eigenvalue weighted by Crippen LogP contribution is 2.11. The lowest BCUT2D eigenvalue weighted by Crippen LogP contribution is -2.43. The van der Waals surface area contributed by atoms with E-state index in [0.29, 0.717) is 12.5 Å². The van der Waals surface area contributed by atoms with Crippen LogP contribution in [0.2, 0.25) is 0 Å². The van der Waals surface area contributed by atoms with Crippen LogP contribution in [0.5, 0.6) is 0 Å². The lowest BCUT2D eigenvalue weighted by molar-refractivity contribution is -0.128. The quantitative estimate of drug-likeness (QED) is 0.703. The van der Waals surface area contributed by atoms with E-state index in [1.807, 2.05) is 0 Å². The molecule has 1 heterocycles. The highest BCUT2D eigenvalue weighted by Gasteiger charge is 2.15. The molecule has 0 aliphatic carbocycles. The summed E-state index contributed by atoms with van der Waals surface area (Å²) >= 11 is 0. The normalized spacial score (nSPS) is 19.0. The van der Waals surface area contributed by atoms with Crippen LogP contribution >= 0.6 is 0 Å². The van der Waals surface area contributed by atoms with Gasteiger partial charge in [-0.2, -0.15) is 0 Å². The highest BCUT2D eigenvalue weighted by molar-refractivity contribution is 5.75. The Bertz CT molecular complexity index is 225. The standard InChI is InChI=1S/C13H27N3O/c1-12(16-9-5-4-6-10-16)11-14-8-7-13(17)15(2)3/h12,14H,4-11H2,1-3H3. The Labute approximate surface area is 105 Å². The van der Waals surface area contributed by atoms with Gasteiger partial charge in [0.2, 0.25) is 5.91 Å². The molecule has 1 saturated heterocycles. The SMILES string of the molecule is CC(CNCCC(=O)N(C)C)N1CCCCC1. The van der Waals surface area contributed by atoms with Gasteiger partial charge >= 0.3 is 0 Å². The molecule has 1 unspecified atom stereocenters. The lowest BCUT2D eigenvalue weighted by Gasteiger charge is -2.32. The number of likely N-dealkylation sites (tertiary alicyclic amines) is 1. The number of amides is 1. The maximum absolute atomic E-state index is 11.4. The zero-order valence-corrected chi connectivity index (χ0v) is 11.5. The van der Waals surface area contributed by atoms with E-state index >= 15 is 0 Å². The first-order valence-electron chi connectivity index (χ1n) is 6.76. The van der Waals surface area contributed by atoms with Crippen LogP contribution in [0.3, 0.4) is 0 Å². The van der Waals surface area contributed by atoms with Crippen molar-refractivity contribution in [3.05, 3.63) is 0 Å². The van der Waals surface area contributed by atoms with Gasteiger partial charge in [0.25, 0.3) is 0 Å². The van der Waals surface area contributed by atoms with Crippen molar-refractivity contribution in [3.63, 3.8) is 0 Å². The number of nitrogens with zero attached hydrogens (tertiary/aromatic N) is 2. The van der Waals surface area contributed by atoms with E-state index in [-0.39, 0.29) is 5.91 Å². The number of hydrogen-bond acceptors (Lipinski definition) is 3. The zero-order chi connectivity index (χ0) is 12.7. The second-order valence-electron chi connectivity index (χ2n) is 5.19. The van der Waals surface area contributed by atoms with Crippen LogP contribution in [0.4, 0.5) is 0 Å². The van der Waals surface area contributed by atoms with Crippen molar-refractivity contribution < 1.29 is 4.79 Å². The van der Waals surface area contributed by atoms with Gasteiger partial charge in [0.1, 0.15) is 0 Å². The van der Waals surface area contributed by atoms with Crippen LogP contribution in [-0.4, -0.2) is 62.0 Å². The molecular weight excluding hydrogens is 214 g/mol. The molecule has 100 valence electrons. The molecule has 0 bridgehead atoms. The van der Waals surface area contributed by atoms with Crippen LogP contribution in [0.25, 0.3) is 0 Å². The first-order chi connectivity index (χ1) is 8.11. The molecule has 0 radical (unpaired) electrons. The summed E-state index contributed by atoms with van der Waals surface area (Å²) in [5, 5.41) is 3.38. The Morgan fingerprint density at radius 1 is 1.29 bits per heavy atom. The van der Waals surface area contributed by atoms with Crippen LogP contribution < -0.4 is 5.32 Å². The smallest absolute Gasteiger partial charge is 0.223 e. The number of piperidine rings is 1. The third kappa shape index (κ3) is 5.50. The molecule has 1 atom stereocenters. The molecule has 0 aromatic rings. The van der Waals surface area contributed by atoms with Crippen molar-refractivity contribution in [2.24, 2.45) is 0 Å². The van der Waals surface area contributed by atoms with Crippen LogP contribution in [-0.2, 0) is 4.79 Å². The number of hydrogen-bond donors (Lipinski definition) is 1. The molecule has 4 heteroatoms. The summed E-state index contributed by atoms with van der Waals surface area (Å²) in [6.45, 7) is 6.51. The van der Waals surface area contributed by atoms with Crippen molar-refractivity contribution >= 4 is 5.91 Å². The predicted octanol–water partition coefficient (Wildman–Crippen LogP) is 0.929. The second-order valence-corrected chi connectivity index (χ2v) is 5.19. The minimum atomic E-state index is 0.197. The second kappa shape index (κ2) is 7.67. The zero-order valence-electron chi connectivity index (χ0n) is 11.5. The fraction of sp³-hybridized carbons (Fsp3) is 0.923. The van der Waals surface area contributed by atoms with E-state index in [0.717, 1.165) is 13.1 Å². The topological polar surface area (TPSA) is 35.6 Å². The molecule has 0 aromatic carbocycles. The summed E-state index contributed by atoms with van der Waals surface area (Å²) in [5.74, 6) is 0.197. The lowest BCUT2D eigenvalue weighted by atomic mass is 10.1. The molecule has 1 rings (SSSR count). The molecule has 1 fully saturated rings. The molecule has 0 aromatic heterocycles. The highest BCUT2D eigenvalue weighted by atomic mass is 16.2. The Balaban J connectivity index is 2.07. The maximum Gasteiger partial charge on any atom is 0.223 e. The summed E-state index contributed by atoms with van der Waals surface area (Å²) in [7, 11) is 3.61. The molecule has 1 amide bonds. The Hall–Kier alpha value is -0.610. The first-order valence-corrected chi connectivity index (χ1v) is 6.76. The monoisotopic (exact) mass is 241 g/mol. The van der Waals surface area contributed by atoms with Gasteiger partial charge in [-0.25, -0.2) is 0 Å². The molecule has 1 aliphatic heterocycles. The minimum absolute atomic E-state index is 0.197. The average molecular weight is 241 g/mol. The molecule has 1 N–H and O–H groups in total. The van der Waals surface area contributed by atoms with Gasteiger partial charge in [-0.1, -0.05) is 6.42 Å². The van der Waals surface area contributed by atoms with E-state index in [9.17, 15) is 4.79 Å². The van der Waals surface area contributed by atoms with Gasteiger partial charge in [-0.15, -0.1) is 0 Å². The van der Waals surface area contributed by atoms with Gasteiger partial charge in [0.15, 0.2) is 0 Å². The Morgan fingerprint density at radius 2 is 1.94 bits per heavy atom. The summed E-state index contributed by atoms with van der Waals surface area (Å²) < 4.78 is 0. The van der Waals surface area contributed by atoms with E-state index < -0.39 is 0 Å². The molecule has 17 heavy (non-hydrogen) atoms. The third-order valence-corrected chi connectivity index (χ3v) is 3.47. The maximum atomic E-state index is 11.4. The fourth-order valence-corrected chi connectivity index (χ4v) is 2.22. The molecule has 0 spiro atoms. The van der Waals surface area contributed by atoms with E-state index in [2.05, 4.69) is 17.1 Å². The molecule has 4 nitrogen and oxygen atoms in total. The summed E-state index contributed by atoms with van der Waals surface area (Å²) in [4.78, 5) is 15.6.